The van der Waals surface area contributed by atoms with Crippen LogP contribution < -0.4 is 4.84 Å². The number of rotatable bonds is 15. The molecule has 230 valence electrons. The second kappa shape index (κ2) is 15.2. The van der Waals surface area contributed by atoms with Crippen LogP contribution in [0.3, 0.4) is 0 Å². The Kier molecular flexibility index (Phi) is 12.0. The number of β-lactam (4-membered cyclic amide) rings is 1. The highest BCUT2D eigenvalue weighted by molar-refractivity contribution is 6.02. The first-order valence-corrected chi connectivity index (χ1v) is 15.7. The van der Waals surface area contributed by atoms with Crippen LogP contribution in [-0.2, 0) is 4.79 Å². The summed E-state index contributed by atoms with van der Waals surface area (Å²) in [7, 11) is 0. The second-order valence-electron chi connectivity index (χ2n) is 11.2. The van der Waals surface area contributed by atoms with Crippen molar-refractivity contribution in [3.63, 3.8) is 0 Å². The number of likely N-dealkylation sites (tertiary alicyclic amines) is 1. The Labute approximate surface area is 252 Å². The summed E-state index contributed by atoms with van der Waals surface area (Å²) in [5, 5.41) is 1.33. The maximum atomic E-state index is 14.1. The van der Waals surface area contributed by atoms with Crippen LogP contribution in [0.5, 0.6) is 5.75 Å². The molecule has 0 spiro atoms. The number of carbonyl (C=O) groups is 3. The number of benzene rings is 2. The minimum absolute atomic E-state index is 0.147. The minimum atomic E-state index is -0.508. The Hall–Kier alpha value is -3.39. The zero-order valence-corrected chi connectivity index (χ0v) is 26.7. The molecule has 0 N–H and O–H groups in total. The third-order valence-corrected chi connectivity index (χ3v) is 8.80. The van der Waals surface area contributed by atoms with Crippen molar-refractivity contribution in [1.29, 1.82) is 0 Å². The monoisotopic (exact) mass is 578 g/mol. The number of hydrogen-bond donors (Lipinski definition) is 0. The molecule has 1 unspecified atom stereocenters. The van der Waals surface area contributed by atoms with E-state index in [0.717, 1.165) is 37.2 Å². The van der Waals surface area contributed by atoms with Gasteiger partial charge < -0.3 is 14.6 Å². The van der Waals surface area contributed by atoms with Gasteiger partial charge in [-0.25, -0.2) is 4.79 Å². The molecule has 0 saturated carbocycles. The Morgan fingerprint density at radius 1 is 0.905 bits per heavy atom. The number of para-hydroxylation sites is 1. The molecule has 8 nitrogen and oxygen atoms in total. The summed E-state index contributed by atoms with van der Waals surface area (Å²) in [6.45, 7) is 18.4. The lowest BCUT2D eigenvalue weighted by atomic mass is 9.74. The Morgan fingerprint density at radius 3 is 2.10 bits per heavy atom. The van der Waals surface area contributed by atoms with Crippen molar-refractivity contribution < 1.29 is 19.2 Å². The van der Waals surface area contributed by atoms with E-state index in [9.17, 15) is 14.4 Å². The fraction of sp³-hybridized carbons (Fsp3) is 0.559. The van der Waals surface area contributed by atoms with Crippen LogP contribution in [0.25, 0.3) is 0 Å². The van der Waals surface area contributed by atoms with Crippen molar-refractivity contribution in [3.8, 4) is 5.75 Å². The van der Waals surface area contributed by atoms with E-state index < -0.39 is 17.5 Å². The Balaban J connectivity index is 1.99. The minimum Gasteiger partial charge on any atom is -0.374 e. The van der Waals surface area contributed by atoms with Crippen LogP contribution in [-0.4, -0.2) is 76.9 Å². The maximum Gasteiger partial charge on any atom is 0.360 e. The molecule has 1 heterocycles. The van der Waals surface area contributed by atoms with E-state index in [2.05, 4.69) is 25.7 Å². The highest BCUT2D eigenvalue weighted by atomic mass is 16.7. The smallest absolute Gasteiger partial charge is 0.360 e. The van der Waals surface area contributed by atoms with Crippen molar-refractivity contribution in [2.45, 2.75) is 80.2 Å². The van der Waals surface area contributed by atoms with E-state index in [-0.39, 0.29) is 11.8 Å². The summed E-state index contributed by atoms with van der Waals surface area (Å²) in [5.74, 6) is -0.00945. The van der Waals surface area contributed by atoms with E-state index in [1.165, 1.54) is 9.96 Å². The average Bonchev–Trinajstić information content (AvgIpc) is 3.01. The average molecular weight is 579 g/mol. The summed E-state index contributed by atoms with van der Waals surface area (Å²) < 4.78 is 0. The highest BCUT2D eigenvalue weighted by Crippen LogP contribution is 2.41. The van der Waals surface area contributed by atoms with Crippen LogP contribution in [0.1, 0.15) is 94.8 Å². The Morgan fingerprint density at radius 2 is 1.55 bits per heavy atom. The van der Waals surface area contributed by atoms with Crippen LogP contribution in [0.4, 0.5) is 4.79 Å². The summed E-state index contributed by atoms with van der Waals surface area (Å²) in [6.07, 6.45) is 2.79. The topological polar surface area (TPSA) is 73.4 Å². The number of aryl methyl sites for hydroxylation is 1. The summed E-state index contributed by atoms with van der Waals surface area (Å²) in [6, 6.07) is 14.2. The lowest BCUT2D eigenvalue weighted by Gasteiger charge is -2.48. The predicted octanol–water partition coefficient (Wildman–Crippen LogP) is 6.70. The number of hydrogen-bond acceptors (Lipinski definition) is 5. The molecule has 1 aliphatic rings. The predicted molar refractivity (Wildman–Crippen MR) is 167 cm³/mol. The largest absolute Gasteiger partial charge is 0.374 e. The van der Waals surface area contributed by atoms with Crippen LogP contribution in [0, 0.1) is 12.3 Å². The molecule has 1 fully saturated rings. The maximum absolute atomic E-state index is 14.1. The zero-order chi connectivity index (χ0) is 30.9. The molecule has 1 saturated heterocycles. The van der Waals surface area contributed by atoms with E-state index in [0.29, 0.717) is 50.2 Å². The van der Waals surface area contributed by atoms with Gasteiger partial charge in [0.15, 0.2) is 5.75 Å². The number of nitrogens with zero attached hydrogens (tertiary/aromatic N) is 4. The number of hydroxylamine groups is 2. The van der Waals surface area contributed by atoms with Crippen LogP contribution in [0.15, 0.2) is 48.5 Å². The first-order valence-electron chi connectivity index (χ1n) is 15.7. The van der Waals surface area contributed by atoms with Crippen LogP contribution in [0.2, 0.25) is 0 Å². The normalized spacial score (nSPS) is 14.9. The van der Waals surface area contributed by atoms with Gasteiger partial charge in [-0.2, -0.15) is 0 Å². The van der Waals surface area contributed by atoms with Gasteiger partial charge in [-0.1, -0.05) is 83.0 Å². The fourth-order valence-corrected chi connectivity index (χ4v) is 5.61. The lowest BCUT2D eigenvalue weighted by molar-refractivity contribution is -0.160. The molecular formula is C34H50N4O4. The number of likely N-dealkylation sites (N-methyl/N-ethyl adjacent to an activating group) is 2. The molecule has 0 bridgehead atoms. The first-order chi connectivity index (χ1) is 20.2. The molecule has 0 radical (unpaired) electrons. The van der Waals surface area contributed by atoms with E-state index >= 15 is 0 Å². The molecule has 4 amide bonds. The van der Waals surface area contributed by atoms with Crippen molar-refractivity contribution in [3.05, 3.63) is 65.2 Å². The van der Waals surface area contributed by atoms with Gasteiger partial charge in [0.25, 0.3) is 5.91 Å². The van der Waals surface area contributed by atoms with Crippen molar-refractivity contribution in [2.24, 2.45) is 5.41 Å². The van der Waals surface area contributed by atoms with E-state index in [1.807, 2.05) is 62.9 Å². The lowest BCUT2D eigenvalue weighted by Crippen LogP contribution is -2.65. The quantitative estimate of drug-likeness (QED) is 0.174. The molecule has 0 aliphatic carbocycles. The third-order valence-electron chi connectivity index (χ3n) is 8.80. The second-order valence-corrected chi connectivity index (χ2v) is 11.2. The molecule has 8 heteroatoms. The van der Waals surface area contributed by atoms with Gasteiger partial charge in [0.05, 0.1) is 17.0 Å². The molecule has 1 atom stereocenters. The molecule has 42 heavy (non-hydrogen) atoms. The summed E-state index contributed by atoms with van der Waals surface area (Å²) >= 11 is 0. The van der Waals surface area contributed by atoms with Gasteiger partial charge in [0.2, 0.25) is 5.91 Å². The van der Waals surface area contributed by atoms with Gasteiger partial charge >= 0.3 is 6.03 Å². The van der Waals surface area contributed by atoms with Crippen molar-refractivity contribution >= 4 is 17.8 Å². The zero-order valence-electron chi connectivity index (χ0n) is 26.7. The fourth-order valence-electron chi connectivity index (χ4n) is 5.61. The van der Waals surface area contributed by atoms with Gasteiger partial charge in [-0.15, -0.1) is 5.06 Å². The molecule has 0 aromatic heterocycles. The van der Waals surface area contributed by atoms with Gasteiger partial charge in [0.1, 0.15) is 0 Å². The van der Waals surface area contributed by atoms with Crippen molar-refractivity contribution in [2.75, 3.05) is 39.3 Å². The number of imide groups is 1. The molecule has 1 aliphatic heterocycles. The SMILES string of the molecule is CCCC(c1ccc(C)cc1)N(Oc1ccccc1C(=O)N(CC)CCN(CC)CC)C(=O)N1CC(CC)(CC)C1=O. The number of carbonyl (C=O) groups excluding carboxylic acids is 3. The molecule has 2 aromatic rings. The van der Waals surface area contributed by atoms with Crippen molar-refractivity contribution in [1.82, 2.24) is 19.8 Å². The molecule has 2 aromatic carbocycles. The summed E-state index contributed by atoms with van der Waals surface area (Å²) in [4.78, 5) is 53.2. The molecule has 3 rings (SSSR count). The Bertz CT molecular complexity index is 1190. The standard InChI is InChI=1S/C34H50N4O4/c1-8-16-29(27-21-19-26(7)20-22-27)38(33(41)37-25-34(9-2,10-3)32(37)40)42-30-18-15-14-17-28(30)31(39)36(13-6)24-23-35(11-4)12-5/h14-15,17-22,29H,8-13,16,23-25H2,1-7H3. The third kappa shape index (κ3) is 7.14. The van der Waals surface area contributed by atoms with E-state index in [1.54, 1.807) is 18.2 Å². The number of urea groups is 1. The number of amides is 4. The van der Waals surface area contributed by atoms with Gasteiger partial charge in [0, 0.05) is 26.2 Å². The van der Waals surface area contributed by atoms with Gasteiger partial charge in [-0.05, 0) is 63.9 Å². The van der Waals surface area contributed by atoms with Crippen LogP contribution >= 0.6 is 0 Å². The molecular weight excluding hydrogens is 528 g/mol. The summed E-state index contributed by atoms with van der Waals surface area (Å²) in [5.41, 5.74) is 1.91. The van der Waals surface area contributed by atoms with Gasteiger partial charge in [-0.3, -0.25) is 14.5 Å². The highest BCUT2D eigenvalue weighted by Gasteiger charge is 2.54. The first kappa shape index (κ1) is 33.1. The van der Waals surface area contributed by atoms with E-state index in [4.69, 9.17) is 4.84 Å².